The molecule has 4 nitrogen and oxygen atoms in total. The van der Waals surface area contributed by atoms with Crippen molar-refractivity contribution in [2.45, 2.75) is 13.0 Å². The smallest absolute Gasteiger partial charge is 0.319 e. The van der Waals surface area contributed by atoms with Gasteiger partial charge in [0.1, 0.15) is 0 Å². The van der Waals surface area contributed by atoms with E-state index < -0.39 is 0 Å². The number of carbonyl (C=O) groups excluding carboxylic acids is 1. The highest BCUT2D eigenvalue weighted by Crippen LogP contribution is 2.15. The number of nitrogens with zero attached hydrogens (tertiary/aromatic N) is 1. The van der Waals surface area contributed by atoms with Crippen molar-refractivity contribution in [2.75, 3.05) is 5.32 Å². The third-order valence-electron chi connectivity index (χ3n) is 2.66. The van der Waals surface area contributed by atoms with Gasteiger partial charge in [0.25, 0.3) is 0 Å². The average Bonchev–Trinajstić information content (AvgIpc) is 2.42. The number of nitrogens with one attached hydrogen (secondary N) is 2. The van der Waals surface area contributed by atoms with Crippen LogP contribution in [0.3, 0.4) is 0 Å². The highest BCUT2D eigenvalue weighted by Gasteiger charge is 2.08. The van der Waals surface area contributed by atoms with Gasteiger partial charge in [-0.1, -0.05) is 15.9 Å². The van der Waals surface area contributed by atoms with Crippen molar-refractivity contribution < 1.29 is 4.79 Å². The van der Waals surface area contributed by atoms with Gasteiger partial charge in [-0.05, 0) is 48.9 Å². The van der Waals surface area contributed by atoms with Crippen LogP contribution in [0.2, 0.25) is 0 Å². The molecule has 98 valence electrons. The van der Waals surface area contributed by atoms with E-state index in [0.29, 0.717) is 0 Å². The zero-order valence-electron chi connectivity index (χ0n) is 10.4. The minimum atomic E-state index is -0.230. The van der Waals surface area contributed by atoms with Gasteiger partial charge in [-0.2, -0.15) is 0 Å². The molecule has 1 aromatic carbocycles. The maximum absolute atomic E-state index is 11.8. The number of urea groups is 1. The second-order valence-corrected chi connectivity index (χ2v) is 5.02. The Morgan fingerprint density at radius 3 is 2.42 bits per heavy atom. The fraction of sp³-hybridized carbons (Fsp3) is 0.143. The first-order valence-corrected chi connectivity index (χ1v) is 6.67. The number of anilines is 1. The zero-order chi connectivity index (χ0) is 13.7. The molecule has 19 heavy (non-hydrogen) atoms. The maximum atomic E-state index is 11.8. The second kappa shape index (κ2) is 6.33. The van der Waals surface area contributed by atoms with Gasteiger partial charge in [-0.25, -0.2) is 4.79 Å². The molecule has 1 heterocycles. The van der Waals surface area contributed by atoms with Crippen LogP contribution >= 0.6 is 15.9 Å². The van der Waals surface area contributed by atoms with Gasteiger partial charge in [0.15, 0.2) is 0 Å². The molecule has 0 aliphatic heterocycles. The Balaban J connectivity index is 1.93. The predicted molar refractivity (Wildman–Crippen MR) is 78.9 cm³/mol. The van der Waals surface area contributed by atoms with Crippen LogP contribution in [0.5, 0.6) is 0 Å². The van der Waals surface area contributed by atoms with Crippen molar-refractivity contribution in [1.29, 1.82) is 0 Å². The number of amides is 2. The molecule has 2 N–H and O–H groups in total. The lowest BCUT2D eigenvalue weighted by Crippen LogP contribution is -2.31. The fourth-order valence-corrected chi connectivity index (χ4v) is 1.90. The summed E-state index contributed by atoms with van der Waals surface area (Å²) in [5.74, 6) is 0. The first-order valence-electron chi connectivity index (χ1n) is 5.88. The van der Waals surface area contributed by atoms with E-state index in [1.807, 2.05) is 43.3 Å². The SMILES string of the molecule is C[C@H](NC(=O)Nc1ccc(Br)cc1)c1ccncc1. The van der Waals surface area contributed by atoms with Crippen LogP contribution in [0.15, 0.2) is 53.3 Å². The summed E-state index contributed by atoms with van der Waals surface area (Å²) in [6.45, 7) is 1.93. The Kier molecular flexibility index (Phi) is 4.52. The Morgan fingerprint density at radius 1 is 1.16 bits per heavy atom. The Hall–Kier alpha value is -1.88. The number of rotatable bonds is 3. The van der Waals surface area contributed by atoms with E-state index in [1.165, 1.54) is 0 Å². The Morgan fingerprint density at radius 2 is 1.79 bits per heavy atom. The van der Waals surface area contributed by atoms with Crippen LogP contribution in [0.4, 0.5) is 10.5 Å². The number of aromatic nitrogens is 1. The molecule has 0 saturated heterocycles. The normalized spacial score (nSPS) is 11.7. The van der Waals surface area contributed by atoms with Crippen molar-refractivity contribution >= 4 is 27.6 Å². The summed E-state index contributed by atoms with van der Waals surface area (Å²) < 4.78 is 0.976. The van der Waals surface area contributed by atoms with Gasteiger partial charge in [-0.3, -0.25) is 4.98 Å². The zero-order valence-corrected chi connectivity index (χ0v) is 12.0. The first kappa shape index (κ1) is 13.5. The second-order valence-electron chi connectivity index (χ2n) is 4.11. The van der Waals surface area contributed by atoms with Gasteiger partial charge >= 0.3 is 6.03 Å². The molecular weight excluding hydrogens is 306 g/mol. The fourth-order valence-electron chi connectivity index (χ4n) is 1.63. The molecular formula is C14H14BrN3O. The van der Waals surface area contributed by atoms with E-state index >= 15 is 0 Å². The average molecular weight is 320 g/mol. The summed E-state index contributed by atoms with van der Waals surface area (Å²) in [4.78, 5) is 15.8. The molecule has 0 radical (unpaired) electrons. The van der Waals surface area contributed by atoms with Crippen molar-refractivity contribution in [1.82, 2.24) is 10.3 Å². The maximum Gasteiger partial charge on any atom is 0.319 e. The van der Waals surface area contributed by atoms with Gasteiger partial charge < -0.3 is 10.6 Å². The molecule has 0 unspecified atom stereocenters. The van der Waals surface area contributed by atoms with Crippen LogP contribution in [-0.4, -0.2) is 11.0 Å². The summed E-state index contributed by atoms with van der Waals surface area (Å²) in [5, 5.41) is 5.65. The number of halogens is 1. The Labute approximate surface area is 120 Å². The van der Waals surface area contributed by atoms with E-state index in [4.69, 9.17) is 0 Å². The summed E-state index contributed by atoms with van der Waals surface area (Å²) in [7, 11) is 0. The highest BCUT2D eigenvalue weighted by molar-refractivity contribution is 9.10. The molecule has 0 fully saturated rings. The van der Waals surface area contributed by atoms with Crippen molar-refractivity contribution in [3.05, 3.63) is 58.8 Å². The van der Waals surface area contributed by atoms with E-state index in [1.54, 1.807) is 12.4 Å². The predicted octanol–water partition coefficient (Wildman–Crippen LogP) is 3.73. The monoisotopic (exact) mass is 319 g/mol. The summed E-state index contributed by atoms with van der Waals surface area (Å²) in [5.41, 5.74) is 1.77. The highest BCUT2D eigenvalue weighted by atomic mass is 79.9. The van der Waals surface area contributed by atoms with E-state index in [9.17, 15) is 4.79 Å². The summed E-state index contributed by atoms with van der Waals surface area (Å²) in [6.07, 6.45) is 3.42. The summed E-state index contributed by atoms with van der Waals surface area (Å²) in [6, 6.07) is 10.9. The summed E-state index contributed by atoms with van der Waals surface area (Å²) >= 11 is 3.35. The van der Waals surface area contributed by atoms with Gasteiger partial charge in [-0.15, -0.1) is 0 Å². The largest absolute Gasteiger partial charge is 0.331 e. The third kappa shape index (κ3) is 4.06. The topological polar surface area (TPSA) is 54.0 Å². The molecule has 5 heteroatoms. The Bertz CT molecular complexity index is 542. The van der Waals surface area contributed by atoms with E-state index in [2.05, 4.69) is 31.5 Å². The van der Waals surface area contributed by atoms with Crippen LogP contribution in [0.25, 0.3) is 0 Å². The molecule has 0 bridgehead atoms. The van der Waals surface area contributed by atoms with Crippen LogP contribution in [0.1, 0.15) is 18.5 Å². The van der Waals surface area contributed by atoms with Crippen molar-refractivity contribution in [2.24, 2.45) is 0 Å². The lowest BCUT2D eigenvalue weighted by atomic mass is 10.1. The number of hydrogen-bond donors (Lipinski definition) is 2. The van der Waals surface area contributed by atoms with Crippen molar-refractivity contribution in [3.63, 3.8) is 0 Å². The first-order chi connectivity index (χ1) is 9.15. The van der Waals surface area contributed by atoms with Gasteiger partial charge in [0.2, 0.25) is 0 Å². The molecule has 2 aromatic rings. The third-order valence-corrected chi connectivity index (χ3v) is 3.18. The van der Waals surface area contributed by atoms with Gasteiger partial charge in [0, 0.05) is 22.6 Å². The number of pyridine rings is 1. The molecule has 0 aliphatic rings. The van der Waals surface area contributed by atoms with Gasteiger partial charge in [0.05, 0.1) is 6.04 Å². The quantitative estimate of drug-likeness (QED) is 0.905. The van der Waals surface area contributed by atoms with E-state index in [-0.39, 0.29) is 12.1 Å². The number of carbonyl (C=O) groups is 1. The lowest BCUT2D eigenvalue weighted by Gasteiger charge is -2.14. The standard InChI is InChI=1S/C14H14BrN3O/c1-10(11-6-8-16-9-7-11)17-14(19)18-13-4-2-12(15)3-5-13/h2-10H,1H3,(H2,17,18,19)/t10-/m0/s1. The van der Waals surface area contributed by atoms with Crippen molar-refractivity contribution in [3.8, 4) is 0 Å². The molecule has 0 saturated carbocycles. The minimum Gasteiger partial charge on any atom is -0.331 e. The lowest BCUT2D eigenvalue weighted by molar-refractivity contribution is 0.249. The van der Waals surface area contributed by atoms with E-state index in [0.717, 1.165) is 15.7 Å². The van der Waals surface area contributed by atoms with Crippen LogP contribution < -0.4 is 10.6 Å². The molecule has 1 atom stereocenters. The molecule has 2 rings (SSSR count). The number of benzene rings is 1. The minimum absolute atomic E-state index is 0.0709. The molecule has 0 aliphatic carbocycles. The molecule has 1 aromatic heterocycles. The molecule has 0 spiro atoms. The van der Waals surface area contributed by atoms with Crippen LogP contribution in [-0.2, 0) is 0 Å². The number of hydrogen-bond acceptors (Lipinski definition) is 2. The molecule has 2 amide bonds. The van der Waals surface area contributed by atoms with Crippen LogP contribution in [0, 0.1) is 0 Å².